The number of alkyl halides is 5. The summed E-state index contributed by atoms with van der Waals surface area (Å²) in [6.07, 6.45) is 1.69. The van der Waals surface area contributed by atoms with Crippen molar-refractivity contribution in [2.75, 3.05) is 5.32 Å². The van der Waals surface area contributed by atoms with Crippen LogP contribution in [0.1, 0.15) is 53.4 Å². The minimum Gasteiger partial charge on any atom is -0.354 e. The molecule has 1 aromatic carbocycles. The van der Waals surface area contributed by atoms with E-state index >= 15 is 0 Å². The summed E-state index contributed by atoms with van der Waals surface area (Å²) in [5, 5.41) is 5.31. The average Bonchev–Trinajstić information content (AvgIpc) is 3.63. The second-order valence-corrected chi connectivity index (χ2v) is 9.00. The maximum absolute atomic E-state index is 13.5. The monoisotopic (exact) mass is 519 g/mol. The van der Waals surface area contributed by atoms with Crippen LogP contribution >= 0.6 is 0 Å². The van der Waals surface area contributed by atoms with E-state index in [1.165, 1.54) is 37.1 Å². The molecule has 3 aromatic rings. The third kappa shape index (κ3) is 6.25. The number of hydrogen-bond donors (Lipinski definition) is 2. The van der Waals surface area contributed by atoms with E-state index in [0.717, 1.165) is 12.1 Å². The summed E-state index contributed by atoms with van der Waals surface area (Å²) in [6, 6.07) is 5.27. The van der Waals surface area contributed by atoms with Crippen LogP contribution in [0.25, 0.3) is 0 Å². The van der Waals surface area contributed by atoms with Crippen LogP contribution < -0.4 is 10.6 Å². The molecule has 2 aromatic heterocycles. The average molecular weight is 519 g/mol. The van der Waals surface area contributed by atoms with Crippen LogP contribution in [0.4, 0.5) is 33.3 Å². The molecular weight excluding hydrogens is 497 g/mol. The topological polar surface area (TPSA) is 96.9 Å². The van der Waals surface area contributed by atoms with E-state index in [4.69, 9.17) is 0 Å². The number of halogens is 5. The van der Waals surface area contributed by atoms with Gasteiger partial charge in [0.15, 0.2) is 5.78 Å². The van der Waals surface area contributed by atoms with Crippen molar-refractivity contribution in [1.82, 2.24) is 20.3 Å². The molecule has 0 aliphatic heterocycles. The summed E-state index contributed by atoms with van der Waals surface area (Å²) in [5.41, 5.74) is -2.19. The van der Waals surface area contributed by atoms with Gasteiger partial charge < -0.3 is 10.6 Å². The molecule has 194 valence electrons. The van der Waals surface area contributed by atoms with Crippen molar-refractivity contribution >= 4 is 23.1 Å². The van der Waals surface area contributed by atoms with Gasteiger partial charge in [-0.05, 0) is 37.1 Å². The lowest BCUT2D eigenvalue weighted by atomic mass is 9.96. The first kappa shape index (κ1) is 26.1. The lowest BCUT2D eigenvalue weighted by Crippen LogP contribution is -2.33. The Hall–Kier alpha value is -3.96. The van der Waals surface area contributed by atoms with E-state index in [9.17, 15) is 31.5 Å². The Bertz CT molecular complexity index is 1290. The smallest absolute Gasteiger partial charge is 0.354 e. The number of ketones is 1. The van der Waals surface area contributed by atoms with Crippen LogP contribution in [0.2, 0.25) is 0 Å². The summed E-state index contributed by atoms with van der Waals surface area (Å²) in [7, 11) is 0. The van der Waals surface area contributed by atoms with Crippen molar-refractivity contribution in [2.45, 2.75) is 44.8 Å². The zero-order chi connectivity index (χ0) is 26.8. The molecule has 0 radical (unpaired) electrons. The number of hydrogen-bond acceptors (Lipinski definition) is 6. The number of aromatic nitrogens is 3. The molecule has 2 heterocycles. The van der Waals surface area contributed by atoms with Crippen molar-refractivity contribution < 1.29 is 31.5 Å². The third-order valence-electron chi connectivity index (χ3n) is 6.08. The van der Waals surface area contributed by atoms with Crippen LogP contribution in [-0.2, 0) is 23.4 Å². The van der Waals surface area contributed by atoms with Gasteiger partial charge in [-0.25, -0.2) is 18.7 Å². The largest absolute Gasteiger partial charge is 0.418 e. The quantitative estimate of drug-likeness (QED) is 0.290. The van der Waals surface area contributed by atoms with Crippen molar-refractivity contribution in [3.8, 4) is 0 Å². The lowest BCUT2D eigenvalue weighted by Gasteiger charge is -2.18. The van der Waals surface area contributed by atoms with Gasteiger partial charge in [0.1, 0.15) is 6.33 Å². The minimum atomic E-state index is -4.85. The Morgan fingerprint density at radius 2 is 1.70 bits per heavy atom. The Morgan fingerprint density at radius 3 is 2.27 bits per heavy atom. The van der Waals surface area contributed by atoms with Gasteiger partial charge in [0.2, 0.25) is 5.91 Å². The van der Waals surface area contributed by atoms with Crippen LogP contribution in [0.15, 0.2) is 55.2 Å². The van der Waals surface area contributed by atoms with E-state index in [1.54, 1.807) is 0 Å². The van der Waals surface area contributed by atoms with Crippen molar-refractivity contribution in [3.63, 3.8) is 0 Å². The fourth-order valence-electron chi connectivity index (χ4n) is 3.77. The van der Waals surface area contributed by atoms with Crippen LogP contribution in [0.5, 0.6) is 0 Å². The molecule has 1 amide bonds. The highest BCUT2D eigenvalue weighted by Crippen LogP contribution is 2.49. The maximum atomic E-state index is 13.5. The number of carbonyl (C=O) groups excluding carboxylic acids is 2. The SMILES string of the molecule is CC(F)(F)c1ccc(Nc2ccc(CNC(=O)C3(CC(=O)c4cncnc4)CC3)nc2)c(C(F)(F)F)c1. The number of nitrogens with one attached hydrogen (secondary N) is 2. The Labute approximate surface area is 208 Å². The predicted molar refractivity (Wildman–Crippen MR) is 123 cm³/mol. The van der Waals surface area contributed by atoms with Gasteiger partial charge in [0.05, 0.1) is 46.4 Å². The van der Waals surface area contributed by atoms with E-state index in [2.05, 4.69) is 25.6 Å². The summed E-state index contributed by atoms with van der Waals surface area (Å²) >= 11 is 0. The van der Waals surface area contributed by atoms with Gasteiger partial charge in [-0.2, -0.15) is 13.2 Å². The molecule has 1 fully saturated rings. The zero-order valence-corrected chi connectivity index (χ0v) is 19.6. The van der Waals surface area contributed by atoms with Gasteiger partial charge in [0.25, 0.3) is 5.92 Å². The predicted octanol–water partition coefficient (Wildman–Crippen LogP) is 5.42. The van der Waals surface area contributed by atoms with Crippen molar-refractivity contribution in [1.29, 1.82) is 0 Å². The molecule has 0 unspecified atom stereocenters. The lowest BCUT2D eigenvalue weighted by molar-refractivity contribution is -0.137. The van der Waals surface area contributed by atoms with Crippen molar-refractivity contribution in [3.05, 3.63) is 77.6 Å². The molecule has 7 nitrogen and oxygen atoms in total. The van der Waals surface area contributed by atoms with Gasteiger partial charge in [-0.1, -0.05) is 6.07 Å². The summed E-state index contributed by atoms with van der Waals surface area (Å²) in [4.78, 5) is 36.9. The van der Waals surface area contributed by atoms with Gasteiger partial charge in [0, 0.05) is 31.3 Å². The molecule has 0 atom stereocenters. The fraction of sp³-hybridized carbons (Fsp3) is 0.320. The Balaban J connectivity index is 1.38. The molecular formula is C25H22F5N5O2. The van der Waals surface area contributed by atoms with Gasteiger partial charge in [-0.15, -0.1) is 0 Å². The normalized spacial score (nSPS) is 14.6. The molecule has 2 N–H and O–H groups in total. The van der Waals surface area contributed by atoms with Crippen LogP contribution in [0, 0.1) is 5.41 Å². The minimum absolute atomic E-state index is 0.0345. The van der Waals surface area contributed by atoms with Gasteiger partial charge >= 0.3 is 6.18 Å². The molecule has 12 heteroatoms. The summed E-state index contributed by atoms with van der Waals surface area (Å²) in [5.74, 6) is -3.94. The number of nitrogens with zero attached hydrogens (tertiary/aromatic N) is 3. The van der Waals surface area contributed by atoms with Crippen LogP contribution in [0.3, 0.4) is 0 Å². The number of benzene rings is 1. The van der Waals surface area contributed by atoms with E-state index in [1.807, 2.05) is 0 Å². The highest BCUT2D eigenvalue weighted by Gasteiger charge is 2.51. The molecule has 0 spiro atoms. The summed E-state index contributed by atoms with van der Waals surface area (Å²) < 4.78 is 67.5. The molecule has 0 saturated heterocycles. The second kappa shape index (κ2) is 9.83. The van der Waals surface area contributed by atoms with Crippen LogP contribution in [-0.4, -0.2) is 26.6 Å². The first-order valence-electron chi connectivity index (χ1n) is 11.3. The van der Waals surface area contributed by atoms with E-state index < -0.39 is 34.3 Å². The summed E-state index contributed by atoms with van der Waals surface area (Å²) in [6.45, 7) is 0.579. The standard InChI is InChI=1S/C25H22F5N5O2/c1-23(26,27)16-2-5-20(19(8-16)25(28,29)30)35-18-4-3-17(33-13-18)12-34-22(37)24(6-7-24)9-21(36)15-10-31-14-32-11-15/h2-5,8,10-11,13-14,35H,6-7,9,12H2,1H3,(H,34,37). The zero-order valence-electron chi connectivity index (χ0n) is 19.6. The van der Waals surface area contributed by atoms with Crippen molar-refractivity contribution in [2.24, 2.45) is 5.41 Å². The number of Topliss-reactive ketones (excluding diaryl/α,β-unsaturated/α-hetero) is 1. The molecule has 1 aliphatic rings. The van der Waals surface area contributed by atoms with E-state index in [-0.39, 0.29) is 30.3 Å². The highest BCUT2D eigenvalue weighted by molar-refractivity contribution is 6.00. The second-order valence-electron chi connectivity index (χ2n) is 9.00. The molecule has 4 rings (SSSR count). The number of pyridine rings is 1. The van der Waals surface area contributed by atoms with E-state index in [0.29, 0.717) is 37.1 Å². The number of amides is 1. The Kier molecular flexibility index (Phi) is 6.94. The molecule has 37 heavy (non-hydrogen) atoms. The maximum Gasteiger partial charge on any atom is 0.418 e. The highest BCUT2D eigenvalue weighted by atomic mass is 19.4. The third-order valence-corrected chi connectivity index (χ3v) is 6.08. The molecule has 1 aliphatic carbocycles. The first-order chi connectivity index (χ1) is 17.4. The molecule has 0 bridgehead atoms. The molecule has 1 saturated carbocycles. The fourth-order valence-corrected chi connectivity index (χ4v) is 3.77. The number of anilines is 2. The number of carbonyl (C=O) groups is 2. The number of rotatable bonds is 9. The Morgan fingerprint density at radius 1 is 1.00 bits per heavy atom. The van der Waals surface area contributed by atoms with Gasteiger partial charge in [-0.3, -0.25) is 14.6 Å². The first-order valence-corrected chi connectivity index (χ1v) is 11.3.